The Balaban J connectivity index is 2.16. The van der Waals surface area contributed by atoms with E-state index in [9.17, 15) is 0 Å². The molecule has 1 fully saturated rings. The van der Waals surface area contributed by atoms with Gasteiger partial charge in [0.1, 0.15) is 0 Å². The molecule has 1 aromatic heterocycles. The zero-order chi connectivity index (χ0) is 9.26. The van der Waals surface area contributed by atoms with E-state index in [0.717, 1.165) is 19.0 Å². The molecule has 1 N–H and O–H groups in total. The van der Waals surface area contributed by atoms with Crippen molar-refractivity contribution in [3.63, 3.8) is 0 Å². The van der Waals surface area contributed by atoms with Gasteiger partial charge < -0.3 is 9.88 Å². The molecular weight excluding hydrogens is 162 g/mol. The smallest absolute Gasteiger partial charge is 0.0948 e. The molecule has 2 unspecified atom stereocenters. The SMILES string of the molecule is CCn1cncc1C1CC(C)CN1. The summed E-state index contributed by atoms with van der Waals surface area (Å²) in [7, 11) is 0. The molecule has 3 heteroatoms. The Labute approximate surface area is 79.2 Å². The number of imidazole rings is 1. The van der Waals surface area contributed by atoms with Crippen LogP contribution in [0.2, 0.25) is 0 Å². The molecule has 1 aliphatic rings. The Bertz CT molecular complexity index is 279. The van der Waals surface area contributed by atoms with E-state index in [1.165, 1.54) is 12.1 Å². The lowest BCUT2D eigenvalue weighted by atomic mass is 10.1. The molecule has 0 aliphatic carbocycles. The van der Waals surface area contributed by atoms with Crippen LogP contribution in [0, 0.1) is 5.92 Å². The first-order valence-electron chi connectivity index (χ1n) is 5.04. The van der Waals surface area contributed by atoms with Crippen LogP contribution in [0.5, 0.6) is 0 Å². The zero-order valence-electron chi connectivity index (χ0n) is 8.33. The predicted molar refractivity (Wildman–Crippen MR) is 52.4 cm³/mol. The lowest BCUT2D eigenvalue weighted by Crippen LogP contribution is -2.16. The van der Waals surface area contributed by atoms with Crippen molar-refractivity contribution in [3.8, 4) is 0 Å². The normalized spacial score (nSPS) is 28.2. The van der Waals surface area contributed by atoms with Gasteiger partial charge in [-0.1, -0.05) is 6.92 Å². The summed E-state index contributed by atoms with van der Waals surface area (Å²) in [5, 5.41) is 3.52. The standard InChI is InChI=1S/C10H17N3/c1-3-13-7-11-6-10(13)9-4-8(2)5-12-9/h6-9,12H,3-5H2,1-2H3. The van der Waals surface area contributed by atoms with Crippen LogP contribution in [0.15, 0.2) is 12.5 Å². The summed E-state index contributed by atoms with van der Waals surface area (Å²) in [6.45, 7) is 6.60. The van der Waals surface area contributed by atoms with E-state index in [2.05, 4.69) is 28.7 Å². The van der Waals surface area contributed by atoms with Crippen molar-refractivity contribution in [1.29, 1.82) is 0 Å². The number of aryl methyl sites for hydroxylation is 1. The molecular formula is C10H17N3. The van der Waals surface area contributed by atoms with E-state index < -0.39 is 0 Å². The molecule has 1 aliphatic heterocycles. The van der Waals surface area contributed by atoms with Crippen LogP contribution in [-0.2, 0) is 6.54 Å². The molecule has 2 heterocycles. The number of nitrogens with zero attached hydrogens (tertiary/aromatic N) is 2. The van der Waals surface area contributed by atoms with Crippen LogP contribution in [0.4, 0.5) is 0 Å². The van der Waals surface area contributed by atoms with E-state index in [1.807, 2.05) is 12.5 Å². The number of aromatic nitrogens is 2. The van der Waals surface area contributed by atoms with Gasteiger partial charge in [0.2, 0.25) is 0 Å². The Hall–Kier alpha value is -0.830. The summed E-state index contributed by atoms with van der Waals surface area (Å²) in [5.74, 6) is 0.796. The molecule has 1 saturated heterocycles. The molecule has 1 aromatic rings. The number of hydrogen-bond acceptors (Lipinski definition) is 2. The molecule has 0 radical (unpaired) electrons. The van der Waals surface area contributed by atoms with Crippen molar-refractivity contribution in [3.05, 3.63) is 18.2 Å². The summed E-state index contributed by atoms with van der Waals surface area (Å²) in [6, 6.07) is 0.525. The Morgan fingerprint density at radius 1 is 1.69 bits per heavy atom. The van der Waals surface area contributed by atoms with Gasteiger partial charge in [0, 0.05) is 18.8 Å². The van der Waals surface area contributed by atoms with Crippen LogP contribution in [-0.4, -0.2) is 16.1 Å². The molecule has 72 valence electrons. The molecule has 0 amide bonds. The van der Waals surface area contributed by atoms with Gasteiger partial charge in [-0.25, -0.2) is 4.98 Å². The Morgan fingerprint density at radius 2 is 2.54 bits per heavy atom. The maximum absolute atomic E-state index is 4.19. The van der Waals surface area contributed by atoms with Crippen molar-refractivity contribution in [2.75, 3.05) is 6.54 Å². The third-order valence-corrected chi connectivity index (χ3v) is 2.79. The monoisotopic (exact) mass is 179 g/mol. The summed E-state index contributed by atoms with van der Waals surface area (Å²) in [4.78, 5) is 4.19. The van der Waals surface area contributed by atoms with Gasteiger partial charge in [-0.3, -0.25) is 0 Å². The lowest BCUT2D eigenvalue weighted by Gasteiger charge is -2.12. The third kappa shape index (κ3) is 1.61. The predicted octanol–water partition coefficient (Wildman–Crippen LogP) is 1.57. The van der Waals surface area contributed by atoms with Crippen LogP contribution >= 0.6 is 0 Å². The first-order chi connectivity index (χ1) is 6.31. The Kier molecular flexibility index (Phi) is 2.36. The quantitative estimate of drug-likeness (QED) is 0.747. The van der Waals surface area contributed by atoms with E-state index in [1.54, 1.807) is 0 Å². The van der Waals surface area contributed by atoms with E-state index >= 15 is 0 Å². The maximum atomic E-state index is 4.19. The fraction of sp³-hybridized carbons (Fsp3) is 0.700. The van der Waals surface area contributed by atoms with Crippen LogP contribution in [0.3, 0.4) is 0 Å². The van der Waals surface area contributed by atoms with Crippen LogP contribution in [0.25, 0.3) is 0 Å². The average molecular weight is 179 g/mol. The van der Waals surface area contributed by atoms with E-state index in [4.69, 9.17) is 0 Å². The minimum absolute atomic E-state index is 0.525. The molecule has 0 aromatic carbocycles. The van der Waals surface area contributed by atoms with E-state index in [-0.39, 0.29) is 0 Å². The second-order valence-corrected chi connectivity index (χ2v) is 3.91. The first kappa shape index (κ1) is 8.75. The second kappa shape index (κ2) is 3.50. The van der Waals surface area contributed by atoms with Crippen molar-refractivity contribution in [2.45, 2.75) is 32.9 Å². The topological polar surface area (TPSA) is 29.9 Å². The highest BCUT2D eigenvalue weighted by Crippen LogP contribution is 2.26. The van der Waals surface area contributed by atoms with Crippen LogP contribution in [0.1, 0.15) is 32.0 Å². The molecule has 13 heavy (non-hydrogen) atoms. The molecule has 0 saturated carbocycles. The number of nitrogens with one attached hydrogen (secondary N) is 1. The molecule has 3 nitrogen and oxygen atoms in total. The molecule has 0 spiro atoms. The van der Waals surface area contributed by atoms with Crippen LogP contribution < -0.4 is 5.32 Å². The first-order valence-corrected chi connectivity index (χ1v) is 5.04. The number of hydrogen-bond donors (Lipinski definition) is 1. The largest absolute Gasteiger partial charge is 0.333 e. The van der Waals surface area contributed by atoms with Gasteiger partial charge in [-0.15, -0.1) is 0 Å². The fourth-order valence-corrected chi connectivity index (χ4v) is 2.02. The van der Waals surface area contributed by atoms with Crippen molar-refractivity contribution < 1.29 is 0 Å². The summed E-state index contributed by atoms with van der Waals surface area (Å²) >= 11 is 0. The molecule has 2 rings (SSSR count). The summed E-state index contributed by atoms with van der Waals surface area (Å²) in [5.41, 5.74) is 1.34. The highest BCUT2D eigenvalue weighted by Gasteiger charge is 2.23. The zero-order valence-corrected chi connectivity index (χ0v) is 8.33. The highest BCUT2D eigenvalue weighted by atomic mass is 15.1. The number of rotatable bonds is 2. The third-order valence-electron chi connectivity index (χ3n) is 2.79. The molecule has 2 atom stereocenters. The molecule has 0 bridgehead atoms. The van der Waals surface area contributed by atoms with Gasteiger partial charge in [0.25, 0.3) is 0 Å². The van der Waals surface area contributed by atoms with Gasteiger partial charge in [-0.05, 0) is 25.8 Å². The maximum Gasteiger partial charge on any atom is 0.0948 e. The van der Waals surface area contributed by atoms with Gasteiger partial charge in [-0.2, -0.15) is 0 Å². The van der Waals surface area contributed by atoms with Crippen molar-refractivity contribution in [2.24, 2.45) is 5.92 Å². The average Bonchev–Trinajstić information content (AvgIpc) is 2.71. The van der Waals surface area contributed by atoms with Crippen molar-refractivity contribution in [1.82, 2.24) is 14.9 Å². The second-order valence-electron chi connectivity index (χ2n) is 3.91. The highest BCUT2D eigenvalue weighted by molar-refractivity contribution is 5.07. The van der Waals surface area contributed by atoms with Gasteiger partial charge in [0.15, 0.2) is 0 Å². The van der Waals surface area contributed by atoms with Gasteiger partial charge >= 0.3 is 0 Å². The fourth-order valence-electron chi connectivity index (χ4n) is 2.02. The summed E-state index contributed by atoms with van der Waals surface area (Å²) in [6.07, 6.45) is 5.14. The lowest BCUT2D eigenvalue weighted by molar-refractivity contribution is 0.562. The summed E-state index contributed by atoms with van der Waals surface area (Å²) < 4.78 is 2.22. The van der Waals surface area contributed by atoms with Gasteiger partial charge in [0.05, 0.1) is 12.0 Å². The van der Waals surface area contributed by atoms with E-state index in [0.29, 0.717) is 6.04 Å². The minimum atomic E-state index is 0.525. The minimum Gasteiger partial charge on any atom is -0.333 e. The van der Waals surface area contributed by atoms with Crippen molar-refractivity contribution >= 4 is 0 Å². The Morgan fingerprint density at radius 3 is 3.15 bits per heavy atom.